The molecule has 6 rings (SSSR count). The molecule has 1 fully saturated rings. The Morgan fingerprint density at radius 2 is 1.03 bits per heavy atom. The smallest absolute Gasteiger partial charge is 0.361 e. The molecule has 0 spiro atoms. The van der Waals surface area contributed by atoms with Crippen LogP contribution in [0.5, 0.6) is 17.2 Å². The van der Waals surface area contributed by atoms with Crippen molar-refractivity contribution in [1.82, 2.24) is 0 Å². The average Bonchev–Trinajstić information content (AvgIpc) is 0.774. The van der Waals surface area contributed by atoms with Crippen LogP contribution in [0.2, 0.25) is 0 Å². The summed E-state index contributed by atoms with van der Waals surface area (Å²) in [6, 6.07) is 8.69. The number of hydrogen-bond acceptors (Lipinski definition) is 6. The molecule has 536 valence electrons. The first-order valence-electron chi connectivity index (χ1n) is 39.1. The van der Waals surface area contributed by atoms with Crippen LogP contribution < -0.4 is 14.2 Å². The Hall–Kier alpha value is -2.67. The standard InChI is InChI=1S/C88H148O5S/c1-59(2)33-27-35-61(5)37-29-39-63(7)41-31-50-87(25)52-47-74-69(13)79(66(10)65(9)76(74)58-87)91-82(93-84(18,19)20)90-73-45-43-71(44-46-73)55-78(89-54-49-77-85(21,22)56-72(83(15,16)17)57-86(77,23)24)94-81-68(12)67(11)80-75(70(81)14)48-53-88(26,92-80)51-32-42-64(8)40-30-38-62(6)36-28-34-60(3)4/h43-46,59-64,72,77-78,82H,27-42,47-58H2,1-26H3. The van der Waals surface area contributed by atoms with Gasteiger partial charge in [0.15, 0.2) is 0 Å². The lowest BCUT2D eigenvalue weighted by atomic mass is 9.50. The van der Waals surface area contributed by atoms with E-state index < -0.39 is 12.1 Å². The Bertz CT molecular complexity index is 2770. The van der Waals surface area contributed by atoms with E-state index in [9.17, 15) is 0 Å². The summed E-state index contributed by atoms with van der Waals surface area (Å²) in [7, 11) is 0. The van der Waals surface area contributed by atoms with Gasteiger partial charge in [-0.3, -0.25) is 0 Å². The highest BCUT2D eigenvalue weighted by atomic mass is 32.2. The molecule has 3 aromatic rings. The van der Waals surface area contributed by atoms with E-state index in [4.69, 9.17) is 23.7 Å². The molecule has 0 radical (unpaired) electrons. The first kappa shape index (κ1) is 80.3. The lowest BCUT2D eigenvalue weighted by Crippen LogP contribution is -2.47. The zero-order chi connectivity index (χ0) is 69.7. The fraction of sp³-hybridized carbons (Fsp3) is 0.795. The molecule has 0 aromatic heterocycles. The van der Waals surface area contributed by atoms with E-state index in [0.717, 1.165) is 104 Å². The highest BCUT2D eigenvalue weighted by molar-refractivity contribution is 7.99. The van der Waals surface area contributed by atoms with Crippen LogP contribution in [-0.4, -0.2) is 29.7 Å². The fourth-order valence-corrected chi connectivity index (χ4v) is 18.9. The van der Waals surface area contributed by atoms with Crippen molar-refractivity contribution in [3.05, 3.63) is 79.9 Å². The maximum absolute atomic E-state index is 7.30. The van der Waals surface area contributed by atoms with E-state index in [1.165, 1.54) is 183 Å². The van der Waals surface area contributed by atoms with Gasteiger partial charge in [-0.05, 0) is 277 Å². The molecule has 94 heavy (non-hydrogen) atoms. The minimum Gasteiger partial charge on any atom is -0.487 e. The van der Waals surface area contributed by atoms with Crippen LogP contribution in [0.1, 0.15) is 342 Å². The monoisotopic (exact) mass is 1320 g/mol. The molecule has 8 atom stereocenters. The summed E-state index contributed by atoms with van der Waals surface area (Å²) in [4.78, 5) is 1.36. The summed E-state index contributed by atoms with van der Waals surface area (Å²) in [5.74, 6) is 8.99. The first-order valence-corrected chi connectivity index (χ1v) is 40.0. The van der Waals surface area contributed by atoms with Gasteiger partial charge in [-0.1, -0.05) is 231 Å². The third-order valence-corrected chi connectivity index (χ3v) is 25.5. The van der Waals surface area contributed by atoms with Gasteiger partial charge in [0, 0.05) is 17.9 Å². The summed E-state index contributed by atoms with van der Waals surface area (Å²) < 4.78 is 35.0. The van der Waals surface area contributed by atoms with Crippen molar-refractivity contribution < 1.29 is 23.7 Å². The molecule has 0 N–H and O–H groups in total. The molecular weight excluding hydrogens is 1170 g/mol. The average molecular weight is 1320 g/mol. The molecule has 3 aromatic carbocycles. The second-order valence-corrected chi connectivity index (χ2v) is 38.4. The van der Waals surface area contributed by atoms with E-state index in [2.05, 4.69) is 204 Å². The number of ether oxygens (including phenoxy) is 5. The van der Waals surface area contributed by atoms with Crippen LogP contribution >= 0.6 is 11.8 Å². The predicted molar refractivity (Wildman–Crippen MR) is 408 cm³/mol. The van der Waals surface area contributed by atoms with Crippen molar-refractivity contribution >= 4 is 11.8 Å². The zero-order valence-electron chi connectivity index (χ0n) is 66.3. The molecule has 3 aliphatic rings. The molecule has 8 unspecified atom stereocenters. The predicted octanol–water partition coefficient (Wildman–Crippen LogP) is 26.7. The van der Waals surface area contributed by atoms with E-state index in [-0.39, 0.29) is 21.9 Å². The highest BCUT2D eigenvalue weighted by Crippen LogP contribution is 2.58. The number of rotatable bonds is 37. The van der Waals surface area contributed by atoms with Gasteiger partial charge in [-0.25, -0.2) is 0 Å². The van der Waals surface area contributed by atoms with E-state index in [1.807, 2.05) is 11.8 Å². The molecule has 1 heterocycles. The van der Waals surface area contributed by atoms with E-state index in [0.29, 0.717) is 22.7 Å². The SMILES string of the molecule is Cc1c(C)c(OC(Oc2ccc(CC(OCCC3C(C)(C)CC(C(C)(C)C)CC3(C)C)Sc3c(C)c(C)c4c(c3C)CCC(C)(CCCC(C)CCCC(C)CCCC(C)C)O4)cc2)OC(C)(C)C)c(C)c2c1CC(C)(CCCC(C)CCCC(C)CCCC(C)C)CC2. The third kappa shape index (κ3) is 24.0. The molecule has 6 heteroatoms. The lowest BCUT2D eigenvalue weighted by molar-refractivity contribution is -0.245. The van der Waals surface area contributed by atoms with Gasteiger partial charge in [0.05, 0.1) is 5.60 Å². The Kier molecular flexibility index (Phi) is 30.0. The Balaban J connectivity index is 1.14. The van der Waals surface area contributed by atoms with Crippen LogP contribution in [0, 0.1) is 111 Å². The number of hydrogen-bond donors (Lipinski definition) is 0. The van der Waals surface area contributed by atoms with Crippen molar-refractivity contribution in [2.45, 2.75) is 381 Å². The summed E-state index contributed by atoms with van der Waals surface area (Å²) in [5, 5.41) is 0. The molecule has 1 saturated carbocycles. The summed E-state index contributed by atoms with van der Waals surface area (Å²) in [5.41, 5.74) is 13.8. The van der Waals surface area contributed by atoms with Gasteiger partial charge < -0.3 is 23.7 Å². The normalized spacial score (nSPS) is 22.5. The Morgan fingerprint density at radius 3 is 1.54 bits per heavy atom. The van der Waals surface area contributed by atoms with Gasteiger partial charge in [-0.15, -0.1) is 0 Å². The third-order valence-electron chi connectivity index (χ3n) is 24.1. The second kappa shape index (κ2) is 35.1. The number of fused-ring (bicyclic) bond motifs is 2. The largest absolute Gasteiger partial charge is 0.487 e. The van der Waals surface area contributed by atoms with E-state index in [1.54, 1.807) is 5.56 Å². The fourth-order valence-electron chi connectivity index (χ4n) is 17.6. The van der Waals surface area contributed by atoms with Crippen molar-refractivity contribution in [1.29, 1.82) is 0 Å². The molecule has 5 nitrogen and oxygen atoms in total. The van der Waals surface area contributed by atoms with Crippen LogP contribution in [0.4, 0.5) is 0 Å². The summed E-state index contributed by atoms with van der Waals surface area (Å²) in [6.45, 7) is 61.7. The van der Waals surface area contributed by atoms with Crippen molar-refractivity contribution in [2.24, 2.45) is 69.0 Å². The minimum absolute atomic E-state index is 0.0818. The van der Waals surface area contributed by atoms with Crippen molar-refractivity contribution in [2.75, 3.05) is 6.61 Å². The second-order valence-electron chi connectivity index (χ2n) is 37.2. The Labute approximate surface area is 586 Å². The molecular formula is C88H148O5S. The van der Waals surface area contributed by atoms with Gasteiger partial charge in [0.25, 0.3) is 0 Å². The quantitative estimate of drug-likeness (QED) is 0.0423. The van der Waals surface area contributed by atoms with E-state index >= 15 is 0 Å². The van der Waals surface area contributed by atoms with Crippen LogP contribution in [-0.2, 0) is 35.2 Å². The van der Waals surface area contributed by atoms with Gasteiger partial charge >= 0.3 is 6.48 Å². The van der Waals surface area contributed by atoms with Crippen LogP contribution in [0.15, 0.2) is 29.2 Å². The molecule has 0 saturated heterocycles. The summed E-state index contributed by atoms with van der Waals surface area (Å²) >= 11 is 1.94. The molecule has 0 amide bonds. The van der Waals surface area contributed by atoms with Crippen molar-refractivity contribution in [3.8, 4) is 17.2 Å². The topological polar surface area (TPSA) is 46.2 Å². The highest BCUT2D eigenvalue weighted by Gasteiger charge is 2.49. The molecule has 0 bridgehead atoms. The lowest BCUT2D eigenvalue weighted by Gasteiger charge is -2.55. The van der Waals surface area contributed by atoms with Gasteiger partial charge in [-0.2, -0.15) is 0 Å². The molecule has 2 aliphatic carbocycles. The van der Waals surface area contributed by atoms with Crippen LogP contribution in [0.25, 0.3) is 0 Å². The van der Waals surface area contributed by atoms with Crippen LogP contribution in [0.3, 0.4) is 0 Å². The van der Waals surface area contributed by atoms with Crippen molar-refractivity contribution in [3.63, 3.8) is 0 Å². The maximum Gasteiger partial charge on any atom is 0.361 e. The maximum atomic E-state index is 7.30. The zero-order valence-corrected chi connectivity index (χ0v) is 67.1. The summed E-state index contributed by atoms with van der Waals surface area (Å²) in [6.07, 6.45) is 34.1. The number of benzene rings is 3. The number of thioether (sulfide) groups is 1. The molecule has 1 aliphatic heterocycles. The minimum atomic E-state index is -0.926. The Morgan fingerprint density at radius 1 is 0.532 bits per heavy atom. The van der Waals surface area contributed by atoms with Gasteiger partial charge in [0.2, 0.25) is 0 Å². The first-order chi connectivity index (χ1) is 43.8. The van der Waals surface area contributed by atoms with Gasteiger partial charge in [0.1, 0.15) is 28.3 Å².